The highest BCUT2D eigenvalue weighted by molar-refractivity contribution is 5.94. The van der Waals surface area contributed by atoms with Crippen LogP contribution < -0.4 is 9.64 Å². The summed E-state index contributed by atoms with van der Waals surface area (Å²) in [6, 6.07) is 21.2. The minimum Gasteiger partial charge on any atom is -0.496 e. The van der Waals surface area contributed by atoms with E-state index in [2.05, 4.69) is 0 Å². The Morgan fingerprint density at radius 1 is 0.963 bits per heavy atom. The molecule has 3 rings (SSSR count). The number of anilines is 1. The van der Waals surface area contributed by atoms with Crippen molar-refractivity contribution in [1.29, 1.82) is 0 Å². The normalized spacial score (nSPS) is 10.8. The molecule has 5 nitrogen and oxygen atoms in total. The number of hydrogen-bond donors (Lipinski definition) is 0. The second-order valence-electron chi connectivity index (χ2n) is 6.38. The van der Waals surface area contributed by atoms with Crippen LogP contribution in [0.3, 0.4) is 0 Å². The van der Waals surface area contributed by atoms with Crippen LogP contribution in [0.4, 0.5) is 5.69 Å². The van der Waals surface area contributed by atoms with E-state index in [1.54, 1.807) is 18.3 Å². The molecule has 0 saturated heterocycles. The van der Waals surface area contributed by atoms with Gasteiger partial charge in [-0.25, -0.2) is 0 Å². The molecule has 1 aromatic heterocycles. The molecule has 1 amide bonds. The van der Waals surface area contributed by atoms with E-state index >= 15 is 0 Å². The maximum atomic E-state index is 13.0. The maximum Gasteiger partial charge on any atom is 0.241 e. The molecule has 5 heteroatoms. The van der Waals surface area contributed by atoms with Gasteiger partial charge in [-0.3, -0.25) is 9.69 Å². The Kier molecular flexibility index (Phi) is 6.28. The van der Waals surface area contributed by atoms with Gasteiger partial charge in [0, 0.05) is 17.8 Å². The molecule has 140 valence electrons. The lowest BCUT2D eigenvalue weighted by atomic mass is 10.2. The minimum absolute atomic E-state index is 0.00926. The molecule has 0 radical (unpaired) electrons. The van der Waals surface area contributed by atoms with Crippen molar-refractivity contribution < 1.29 is 13.9 Å². The molecule has 0 fully saturated rings. The number of methoxy groups -OCH3 is 1. The van der Waals surface area contributed by atoms with Crippen molar-refractivity contribution in [3.05, 3.63) is 84.3 Å². The molecule has 0 aliphatic heterocycles. The highest BCUT2D eigenvalue weighted by Crippen LogP contribution is 2.20. The summed E-state index contributed by atoms with van der Waals surface area (Å²) in [4.78, 5) is 16.8. The van der Waals surface area contributed by atoms with Gasteiger partial charge in [-0.05, 0) is 37.4 Å². The molecule has 0 bridgehead atoms. The molecule has 0 aliphatic carbocycles. The fourth-order valence-electron chi connectivity index (χ4n) is 2.99. The molecule has 0 atom stereocenters. The zero-order valence-electron chi connectivity index (χ0n) is 15.7. The van der Waals surface area contributed by atoms with Crippen molar-refractivity contribution in [1.82, 2.24) is 4.90 Å². The largest absolute Gasteiger partial charge is 0.496 e. The lowest BCUT2D eigenvalue weighted by Crippen LogP contribution is -2.38. The number of carbonyl (C=O) groups is 1. The fraction of sp³-hybridized carbons (Fsp3) is 0.227. The molecular weight excluding hydrogens is 340 g/mol. The van der Waals surface area contributed by atoms with Crippen LogP contribution in [0.2, 0.25) is 0 Å². The molecule has 0 saturated carbocycles. The Morgan fingerprint density at radius 3 is 2.41 bits per heavy atom. The second-order valence-corrected chi connectivity index (χ2v) is 6.38. The first kappa shape index (κ1) is 18.7. The third kappa shape index (κ3) is 4.99. The Balaban J connectivity index is 1.72. The third-order valence-electron chi connectivity index (χ3n) is 4.30. The number of para-hydroxylation sites is 2. The minimum atomic E-state index is 0.00926. The van der Waals surface area contributed by atoms with Crippen molar-refractivity contribution in [3.63, 3.8) is 0 Å². The molecular formula is C22H24N2O3. The van der Waals surface area contributed by atoms with Gasteiger partial charge < -0.3 is 14.1 Å². The quantitative estimate of drug-likeness (QED) is 0.607. The Labute approximate surface area is 159 Å². The van der Waals surface area contributed by atoms with Crippen molar-refractivity contribution in [3.8, 4) is 5.75 Å². The van der Waals surface area contributed by atoms with E-state index in [0.29, 0.717) is 13.1 Å². The van der Waals surface area contributed by atoms with E-state index in [1.165, 1.54) is 0 Å². The summed E-state index contributed by atoms with van der Waals surface area (Å²) in [5.41, 5.74) is 1.90. The number of rotatable bonds is 8. The Bertz CT molecular complexity index is 847. The predicted octanol–water partition coefficient (Wildman–Crippen LogP) is 3.95. The maximum absolute atomic E-state index is 13.0. The highest BCUT2D eigenvalue weighted by Gasteiger charge is 2.19. The van der Waals surface area contributed by atoms with Crippen LogP contribution in [0, 0.1) is 0 Å². The van der Waals surface area contributed by atoms with Crippen molar-refractivity contribution in [2.75, 3.05) is 25.6 Å². The van der Waals surface area contributed by atoms with Gasteiger partial charge in [0.05, 0.1) is 26.5 Å². The van der Waals surface area contributed by atoms with Gasteiger partial charge in [0.25, 0.3) is 0 Å². The Morgan fingerprint density at radius 2 is 1.70 bits per heavy atom. The topological polar surface area (TPSA) is 45.9 Å². The molecule has 0 spiro atoms. The number of nitrogens with zero attached hydrogens (tertiary/aromatic N) is 2. The third-order valence-corrected chi connectivity index (χ3v) is 4.30. The van der Waals surface area contributed by atoms with Crippen LogP contribution in [0.5, 0.6) is 5.75 Å². The standard InChI is InChI=1S/C22H24N2O3/c1-23(15-18-9-6-7-13-21(18)26-2)17-22(25)24(16-20-12-8-14-27-20)19-10-4-3-5-11-19/h3-14H,15-17H2,1-2H3. The number of amides is 1. The number of benzene rings is 2. The van der Waals surface area contributed by atoms with Gasteiger partial charge in [0.1, 0.15) is 11.5 Å². The molecule has 27 heavy (non-hydrogen) atoms. The van der Waals surface area contributed by atoms with Crippen LogP contribution in [-0.4, -0.2) is 31.5 Å². The number of furan rings is 1. The number of carbonyl (C=O) groups excluding carboxylic acids is 1. The van der Waals surface area contributed by atoms with E-state index in [0.717, 1.165) is 22.8 Å². The lowest BCUT2D eigenvalue weighted by molar-refractivity contribution is -0.119. The van der Waals surface area contributed by atoms with Crippen LogP contribution >= 0.6 is 0 Å². The van der Waals surface area contributed by atoms with E-state index < -0.39 is 0 Å². The van der Waals surface area contributed by atoms with E-state index in [9.17, 15) is 4.79 Å². The SMILES string of the molecule is COc1ccccc1CN(C)CC(=O)N(Cc1ccco1)c1ccccc1. The molecule has 3 aromatic rings. The number of likely N-dealkylation sites (N-methyl/N-ethyl adjacent to an activating group) is 1. The summed E-state index contributed by atoms with van der Waals surface area (Å²) in [6.45, 7) is 1.31. The summed E-state index contributed by atoms with van der Waals surface area (Å²) in [7, 11) is 3.59. The molecule has 2 aromatic carbocycles. The summed E-state index contributed by atoms with van der Waals surface area (Å²) in [5, 5.41) is 0. The molecule has 1 heterocycles. The number of hydrogen-bond acceptors (Lipinski definition) is 4. The summed E-state index contributed by atoms with van der Waals surface area (Å²) in [5.74, 6) is 1.59. The first-order valence-corrected chi connectivity index (χ1v) is 8.85. The first-order chi connectivity index (χ1) is 13.2. The van der Waals surface area contributed by atoms with Crippen LogP contribution in [0.1, 0.15) is 11.3 Å². The highest BCUT2D eigenvalue weighted by atomic mass is 16.5. The van der Waals surface area contributed by atoms with Crippen molar-refractivity contribution in [2.24, 2.45) is 0 Å². The predicted molar refractivity (Wildman–Crippen MR) is 106 cm³/mol. The van der Waals surface area contributed by atoms with Gasteiger partial charge in [0.15, 0.2) is 0 Å². The zero-order chi connectivity index (χ0) is 19.1. The average Bonchev–Trinajstić information content (AvgIpc) is 3.20. The monoisotopic (exact) mass is 364 g/mol. The first-order valence-electron chi connectivity index (χ1n) is 8.85. The van der Waals surface area contributed by atoms with Gasteiger partial charge in [0.2, 0.25) is 5.91 Å². The fourth-order valence-corrected chi connectivity index (χ4v) is 2.99. The second kappa shape index (κ2) is 9.05. The average molecular weight is 364 g/mol. The van der Waals surface area contributed by atoms with Crippen molar-refractivity contribution in [2.45, 2.75) is 13.1 Å². The van der Waals surface area contributed by atoms with E-state index in [4.69, 9.17) is 9.15 Å². The number of ether oxygens (including phenoxy) is 1. The molecule has 0 N–H and O–H groups in total. The van der Waals surface area contributed by atoms with Gasteiger partial charge in [-0.15, -0.1) is 0 Å². The smallest absolute Gasteiger partial charge is 0.241 e. The Hall–Kier alpha value is -3.05. The molecule has 0 aliphatic rings. The summed E-state index contributed by atoms with van der Waals surface area (Å²) < 4.78 is 10.8. The summed E-state index contributed by atoms with van der Waals surface area (Å²) >= 11 is 0. The summed E-state index contributed by atoms with van der Waals surface area (Å²) in [6.07, 6.45) is 1.62. The van der Waals surface area contributed by atoms with Crippen LogP contribution in [0.25, 0.3) is 0 Å². The van der Waals surface area contributed by atoms with E-state index in [1.807, 2.05) is 78.7 Å². The van der Waals surface area contributed by atoms with Crippen molar-refractivity contribution >= 4 is 11.6 Å². The van der Waals surface area contributed by atoms with Crippen LogP contribution in [0.15, 0.2) is 77.4 Å². The van der Waals surface area contributed by atoms with Gasteiger partial charge >= 0.3 is 0 Å². The van der Waals surface area contributed by atoms with Gasteiger partial charge in [-0.2, -0.15) is 0 Å². The van der Waals surface area contributed by atoms with Gasteiger partial charge in [-0.1, -0.05) is 36.4 Å². The molecule has 0 unspecified atom stereocenters. The van der Waals surface area contributed by atoms with Crippen LogP contribution in [-0.2, 0) is 17.9 Å². The zero-order valence-corrected chi connectivity index (χ0v) is 15.7. The van der Waals surface area contributed by atoms with E-state index in [-0.39, 0.29) is 12.5 Å². The lowest BCUT2D eigenvalue weighted by Gasteiger charge is -2.25.